The summed E-state index contributed by atoms with van der Waals surface area (Å²) in [6, 6.07) is 2.02. The van der Waals surface area contributed by atoms with Crippen molar-refractivity contribution in [2.75, 3.05) is 18.5 Å². The Labute approximate surface area is 85.2 Å². The van der Waals surface area contributed by atoms with Gasteiger partial charge in [0.2, 0.25) is 0 Å². The van der Waals surface area contributed by atoms with Crippen LogP contribution in [0.1, 0.15) is 16.1 Å². The van der Waals surface area contributed by atoms with E-state index >= 15 is 0 Å². The molecule has 0 saturated heterocycles. The number of aromatic nitrogens is 1. The Morgan fingerprint density at radius 1 is 1.86 bits per heavy atom. The van der Waals surface area contributed by atoms with Crippen LogP contribution >= 0.6 is 11.3 Å². The molecule has 74 valence electrons. The molecule has 0 atom stereocenters. The quantitative estimate of drug-likeness (QED) is 0.809. The zero-order chi connectivity index (χ0) is 10.6. The van der Waals surface area contributed by atoms with Crippen LogP contribution in [0.3, 0.4) is 0 Å². The fourth-order valence-electron chi connectivity index (χ4n) is 0.854. The summed E-state index contributed by atoms with van der Waals surface area (Å²) in [4.78, 5) is 16.5. The van der Waals surface area contributed by atoms with Gasteiger partial charge in [-0.25, -0.2) is 9.78 Å². The van der Waals surface area contributed by atoms with E-state index in [-0.39, 0.29) is 4.88 Å². The number of hydrogen-bond donors (Lipinski definition) is 1. The van der Waals surface area contributed by atoms with Crippen molar-refractivity contribution in [2.45, 2.75) is 6.42 Å². The van der Waals surface area contributed by atoms with E-state index in [1.807, 2.05) is 6.07 Å². The third kappa shape index (κ3) is 2.44. The number of anilines is 1. The number of nitriles is 1. The molecule has 0 saturated carbocycles. The average Bonchev–Trinajstić information content (AvgIpc) is 2.62. The van der Waals surface area contributed by atoms with Crippen LogP contribution in [-0.2, 0) is 0 Å². The number of aromatic carboxylic acids is 1. The molecule has 0 bridgehead atoms. The summed E-state index contributed by atoms with van der Waals surface area (Å²) in [5, 5.41) is 17.6. The van der Waals surface area contributed by atoms with E-state index in [4.69, 9.17) is 10.4 Å². The van der Waals surface area contributed by atoms with E-state index in [9.17, 15) is 4.79 Å². The largest absolute Gasteiger partial charge is 0.477 e. The van der Waals surface area contributed by atoms with Crippen LogP contribution in [-0.4, -0.2) is 29.7 Å². The van der Waals surface area contributed by atoms with Crippen LogP contribution < -0.4 is 4.90 Å². The number of carbonyl (C=O) groups is 1. The van der Waals surface area contributed by atoms with Crippen molar-refractivity contribution in [3.8, 4) is 6.07 Å². The molecule has 0 radical (unpaired) electrons. The lowest BCUT2D eigenvalue weighted by atomic mass is 10.4. The molecule has 0 aliphatic carbocycles. The highest BCUT2D eigenvalue weighted by atomic mass is 32.1. The van der Waals surface area contributed by atoms with Crippen molar-refractivity contribution < 1.29 is 9.90 Å². The van der Waals surface area contributed by atoms with Gasteiger partial charge in [0.25, 0.3) is 0 Å². The first-order valence-electron chi connectivity index (χ1n) is 3.92. The highest BCUT2D eigenvalue weighted by molar-refractivity contribution is 7.17. The Morgan fingerprint density at radius 2 is 2.57 bits per heavy atom. The molecule has 0 amide bonds. The molecule has 5 nitrogen and oxygen atoms in total. The van der Waals surface area contributed by atoms with Crippen LogP contribution in [0.25, 0.3) is 0 Å². The molecule has 0 unspecified atom stereocenters. The molecular weight excluding hydrogens is 202 g/mol. The number of nitrogens with zero attached hydrogens (tertiary/aromatic N) is 3. The first-order valence-corrected chi connectivity index (χ1v) is 4.74. The van der Waals surface area contributed by atoms with Gasteiger partial charge in [0, 0.05) is 13.6 Å². The van der Waals surface area contributed by atoms with E-state index in [1.165, 1.54) is 6.20 Å². The first-order chi connectivity index (χ1) is 6.65. The van der Waals surface area contributed by atoms with Gasteiger partial charge < -0.3 is 10.0 Å². The summed E-state index contributed by atoms with van der Waals surface area (Å²) < 4.78 is 0. The highest BCUT2D eigenvalue weighted by Crippen LogP contribution is 2.21. The van der Waals surface area contributed by atoms with Gasteiger partial charge in [-0.3, -0.25) is 0 Å². The van der Waals surface area contributed by atoms with Crippen molar-refractivity contribution >= 4 is 22.4 Å². The molecule has 0 spiro atoms. The summed E-state index contributed by atoms with van der Waals surface area (Å²) in [6.07, 6.45) is 1.73. The van der Waals surface area contributed by atoms with Crippen molar-refractivity contribution in [1.82, 2.24) is 4.98 Å². The van der Waals surface area contributed by atoms with E-state index in [0.717, 1.165) is 11.3 Å². The van der Waals surface area contributed by atoms with Crippen molar-refractivity contribution in [3.63, 3.8) is 0 Å². The number of hydrogen-bond acceptors (Lipinski definition) is 5. The van der Waals surface area contributed by atoms with Crippen LogP contribution in [0, 0.1) is 11.3 Å². The fourth-order valence-corrected chi connectivity index (χ4v) is 1.60. The van der Waals surface area contributed by atoms with E-state index in [0.29, 0.717) is 18.1 Å². The van der Waals surface area contributed by atoms with Crippen molar-refractivity contribution in [2.24, 2.45) is 0 Å². The Hall–Kier alpha value is -1.61. The second-order valence-corrected chi connectivity index (χ2v) is 3.65. The summed E-state index contributed by atoms with van der Waals surface area (Å²) >= 11 is 1.11. The number of thiazole rings is 1. The summed E-state index contributed by atoms with van der Waals surface area (Å²) in [6.45, 7) is 0.559. The SMILES string of the molecule is CN(CCC#N)c1ncc(C(=O)O)s1. The average molecular weight is 211 g/mol. The van der Waals surface area contributed by atoms with Gasteiger partial charge in [0.05, 0.1) is 18.7 Å². The van der Waals surface area contributed by atoms with Gasteiger partial charge in [-0.2, -0.15) is 5.26 Å². The molecule has 1 N–H and O–H groups in total. The van der Waals surface area contributed by atoms with Gasteiger partial charge in [-0.15, -0.1) is 0 Å². The second-order valence-electron chi connectivity index (χ2n) is 2.64. The molecule has 6 heteroatoms. The van der Waals surface area contributed by atoms with Crippen molar-refractivity contribution in [3.05, 3.63) is 11.1 Å². The Morgan fingerprint density at radius 3 is 3.07 bits per heavy atom. The number of rotatable bonds is 4. The molecule has 0 fully saturated rings. The van der Waals surface area contributed by atoms with Gasteiger partial charge in [-0.05, 0) is 0 Å². The molecule has 1 rings (SSSR count). The van der Waals surface area contributed by atoms with E-state index in [1.54, 1.807) is 11.9 Å². The smallest absolute Gasteiger partial charge is 0.347 e. The molecule has 1 heterocycles. The standard InChI is InChI=1S/C8H9N3O2S/c1-11(4-2-3-9)8-10-5-6(14-8)7(12)13/h5H,2,4H2,1H3,(H,12,13). The van der Waals surface area contributed by atoms with Crippen molar-refractivity contribution in [1.29, 1.82) is 5.26 Å². The summed E-state index contributed by atoms with van der Waals surface area (Å²) in [5.41, 5.74) is 0. The third-order valence-electron chi connectivity index (χ3n) is 1.59. The topological polar surface area (TPSA) is 77.2 Å². The molecule has 0 aliphatic heterocycles. The summed E-state index contributed by atoms with van der Waals surface area (Å²) in [7, 11) is 1.78. The minimum Gasteiger partial charge on any atom is -0.477 e. The lowest BCUT2D eigenvalue weighted by molar-refractivity contribution is 0.0702. The van der Waals surface area contributed by atoms with E-state index < -0.39 is 5.97 Å². The maximum Gasteiger partial charge on any atom is 0.347 e. The number of carboxylic acid groups (broad SMARTS) is 1. The predicted molar refractivity (Wildman–Crippen MR) is 52.6 cm³/mol. The molecular formula is C8H9N3O2S. The molecule has 0 aromatic carbocycles. The van der Waals surface area contributed by atoms with E-state index in [2.05, 4.69) is 4.98 Å². The van der Waals surface area contributed by atoms with Gasteiger partial charge >= 0.3 is 5.97 Å². The second kappa shape index (κ2) is 4.58. The van der Waals surface area contributed by atoms with Crippen LogP contribution in [0.2, 0.25) is 0 Å². The van der Waals surface area contributed by atoms with Gasteiger partial charge in [0.1, 0.15) is 4.88 Å². The fraction of sp³-hybridized carbons (Fsp3) is 0.375. The molecule has 1 aromatic rings. The lowest BCUT2D eigenvalue weighted by Crippen LogP contribution is -2.17. The van der Waals surface area contributed by atoms with Crippen LogP contribution in [0.4, 0.5) is 5.13 Å². The maximum absolute atomic E-state index is 10.6. The minimum atomic E-state index is -0.970. The molecule has 0 aliphatic rings. The normalized spacial score (nSPS) is 9.43. The highest BCUT2D eigenvalue weighted by Gasteiger charge is 2.10. The number of carboxylic acids is 1. The zero-order valence-corrected chi connectivity index (χ0v) is 8.41. The third-order valence-corrected chi connectivity index (χ3v) is 2.69. The van der Waals surface area contributed by atoms with Gasteiger partial charge in [0.15, 0.2) is 5.13 Å². The molecule has 1 aromatic heterocycles. The Bertz CT molecular complexity index is 369. The summed E-state index contributed by atoms with van der Waals surface area (Å²) in [5.74, 6) is -0.970. The minimum absolute atomic E-state index is 0.212. The predicted octanol–water partition coefficient (Wildman–Crippen LogP) is 1.19. The van der Waals surface area contributed by atoms with Crippen LogP contribution in [0.15, 0.2) is 6.20 Å². The zero-order valence-electron chi connectivity index (χ0n) is 7.60. The van der Waals surface area contributed by atoms with Crippen LogP contribution in [0.5, 0.6) is 0 Å². The first kappa shape index (κ1) is 10.5. The van der Waals surface area contributed by atoms with Gasteiger partial charge in [-0.1, -0.05) is 11.3 Å². The monoisotopic (exact) mass is 211 g/mol. The maximum atomic E-state index is 10.6. The lowest BCUT2D eigenvalue weighted by Gasteiger charge is -2.12. The Kier molecular flexibility index (Phi) is 3.42. The molecule has 14 heavy (non-hydrogen) atoms. The Balaban J connectivity index is 2.67.